The summed E-state index contributed by atoms with van der Waals surface area (Å²) in [5, 5.41) is 5.91. The number of hydrogen-bond donors (Lipinski definition) is 2. The number of hydrogen-bond acceptors (Lipinski definition) is 3. The smallest absolute Gasteiger partial charge is 0.317 e. The Morgan fingerprint density at radius 2 is 2.03 bits per heavy atom. The summed E-state index contributed by atoms with van der Waals surface area (Å²) in [6.07, 6.45) is 3.00. The number of halogens is 1. The van der Waals surface area contributed by atoms with Crippen LogP contribution >= 0.6 is 0 Å². The minimum Gasteiger partial charge on any atom is -0.355 e. The molecule has 1 aromatic heterocycles. The lowest BCUT2D eigenvalue weighted by atomic mass is 9.83. The number of benzene rings is 1. The molecule has 1 fully saturated rings. The fourth-order valence-electron chi connectivity index (χ4n) is 3.96. The van der Waals surface area contributed by atoms with Crippen molar-refractivity contribution in [2.24, 2.45) is 5.92 Å². The van der Waals surface area contributed by atoms with E-state index in [2.05, 4.69) is 15.6 Å². The number of aryl methyl sites for hydroxylation is 1. The quantitative estimate of drug-likeness (QED) is 0.743. The van der Waals surface area contributed by atoms with E-state index in [4.69, 9.17) is 0 Å². The topological polar surface area (TPSA) is 74.3 Å². The average molecular weight is 427 g/mol. The third-order valence-electron chi connectivity index (χ3n) is 5.58. The van der Waals surface area contributed by atoms with Crippen molar-refractivity contribution in [3.63, 3.8) is 0 Å². The third-order valence-corrected chi connectivity index (χ3v) is 5.58. The van der Waals surface area contributed by atoms with E-state index in [1.807, 2.05) is 38.1 Å². The molecule has 6 nitrogen and oxygen atoms in total. The first kappa shape index (κ1) is 22.7. The molecular weight excluding hydrogens is 395 g/mol. The van der Waals surface area contributed by atoms with Gasteiger partial charge in [0.1, 0.15) is 5.82 Å². The first-order valence-corrected chi connectivity index (χ1v) is 10.8. The molecule has 2 atom stereocenters. The van der Waals surface area contributed by atoms with Crippen molar-refractivity contribution in [3.8, 4) is 0 Å². The fourth-order valence-corrected chi connectivity index (χ4v) is 3.96. The third kappa shape index (κ3) is 6.26. The van der Waals surface area contributed by atoms with Gasteiger partial charge in [0, 0.05) is 49.9 Å². The van der Waals surface area contributed by atoms with Crippen molar-refractivity contribution in [3.05, 3.63) is 65.2 Å². The van der Waals surface area contributed by atoms with E-state index < -0.39 is 0 Å². The highest BCUT2D eigenvalue weighted by Crippen LogP contribution is 2.31. The number of piperidine rings is 1. The Hall–Kier alpha value is -2.96. The molecular formula is C24H31FN4O2. The summed E-state index contributed by atoms with van der Waals surface area (Å²) in [5.41, 5.74) is 2.44. The molecule has 0 unspecified atom stereocenters. The highest BCUT2D eigenvalue weighted by Gasteiger charge is 2.34. The maximum absolute atomic E-state index is 13.8. The van der Waals surface area contributed by atoms with E-state index in [-0.39, 0.29) is 35.6 Å². The number of urea groups is 1. The van der Waals surface area contributed by atoms with Crippen molar-refractivity contribution in [2.75, 3.05) is 19.6 Å². The molecule has 0 aliphatic carbocycles. The van der Waals surface area contributed by atoms with Crippen LogP contribution in [0.2, 0.25) is 0 Å². The van der Waals surface area contributed by atoms with Crippen LogP contribution in [0, 0.1) is 18.7 Å². The van der Waals surface area contributed by atoms with E-state index in [1.165, 1.54) is 6.07 Å². The van der Waals surface area contributed by atoms with Crippen molar-refractivity contribution in [1.82, 2.24) is 20.5 Å². The van der Waals surface area contributed by atoms with Gasteiger partial charge in [-0.2, -0.15) is 0 Å². The highest BCUT2D eigenvalue weighted by atomic mass is 19.1. The van der Waals surface area contributed by atoms with E-state index in [0.717, 1.165) is 11.3 Å². The summed E-state index contributed by atoms with van der Waals surface area (Å²) in [6.45, 7) is 6.90. The lowest BCUT2D eigenvalue weighted by Gasteiger charge is -2.38. The van der Waals surface area contributed by atoms with E-state index in [0.29, 0.717) is 38.0 Å². The summed E-state index contributed by atoms with van der Waals surface area (Å²) in [4.78, 5) is 31.6. The first-order chi connectivity index (χ1) is 14.8. The Morgan fingerprint density at radius 1 is 1.23 bits per heavy atom. The molecule has 2 aromatic rings. The number of carbonyl (C=O) groups is 2. The van der Waals surface area contributed by atoms with Gasteiger partial charge in [-0.1, -0.05) is 18.2 Å². The number of aromatic nitrogens is 1. The largest absolute Gasteiger partial charge is 0.355 e. The van der Waals surface area contributed by atoms with Crippen molar-refractivity contribution >= 4 is 11.9 Å². The van der Waals surface area contributed by atoms with Crippen molar-refractivity contribution < 1.29 is 14.0 Å². The van der Waals surface area contributed by atoms with Crippen LogP contribution in [0.15, 0.2) is 42.6 Å². The van der Waals surface area contributed by atoms with Gasteiger partial charge in [0.2, 0.25) is 5.91 Å². The van der Waals surface area contributed by atoms with Crippen LogP contribution in [0.25, 0.3) is 0 Å². The molecule has 7 heteroatoms. The van der Waals surface area contributed by atoms with Gasteiger partial charge in [0.15, 0.2) is 0 Å². The Balaban J connectivity index is 1.70. The Morgan fingerprint density at radius 3 is 2.71 bits per heavy atom. The minimum absolute atomic E-state index is 0.00610. The molecule has 31 heavy (non-hydrogen) atoms. The summed E-state index contributed by atoms with van der Waals surface area (Å²) >= 11 is 0. The van der Waals surface area contributed by atoms with Gasteiger partial charge in [-0.05, 0) is 56.5 Å². The number of carbonyl (C=O) groups excluding carboxylic acids is 2. The van der Waals surface area contributed by atoms with Gasteiger partial charge in [0.05, 0.1) is 5.92 Å². The Kier molecular flexibility index (Phi) is 7.60. The minimum atomic E-state index is -0.328. The van der Waals surface area contributed by atoms with Crippen LogP contribution in [-0.4, -0.2) is 47.5 Å². The van der Waals surface area contributed by atoms with Crippen LogP contribution in [0.1, 0.15) is 43.0 Å². The fraction of sp³-hybridized carbons (Fsp3) is 0.458. The first-order valence-electron chi connectivity index (χ1n) is 10.8. The Labute approximate surface area is 183 Å². The maximum atomic E-state index is 13.8. The number of rotatable bonds is 6. The van der Waals surface area contributed by atoms with Gasteiger partial charge in [-0.15, -0.1) is 0 Å². The van der Waals surface area contributed by atoms with Crippen LogP contribution in [0.4, 0.5) is 9.18 Å². The van der Waals surface area contributed by atoms with E-state index >= 15 is 0 Å². The second-order valence-electron chi connectivity index (χ2n) is 8.51. The lowest BCUT2D eigenvalue weighted by Crippen LogP contribution is -2.52. The molecule has 1 aliphatic rings. The van der Waals surface area contributed by atoms with Gasteiger partial charge in [-0.25, -0.2) is 9.18 Å². The molecule has 3 amide bonds. The second kappa shape index (κ2) is 10.4. The van der Waals surface area contributed by atoms with Crippen LogP contribution in [0.5, 0.6) is 0 Å². The summed E-state index contributed by atoms with van der Waals surface area (Å²) in [5.74, 6) is -0.678. The molecule has 166 valence electrons. The zero-order chi connectivity index (χ0) is 22.4. The van der Waals surface area contributed by atoms with E-state index in [1.54, 1.807) is 24.1 Å². The number of amides is 3. The maximum Gasteiger partial charge on any atom is 0.317 e. The summed E-state index contributed by atoms with van der Waals surface area (Å²) < 4.78 is 13.8. The van der Waals surface area contributed by atoms with Gasteiger partial charge < -0.3 is 15.5 Å². The summed E-state index contributed by atoms with van der Waals surface area (Å²) in [6, 6.07) is 10.6. The molecule has 1 saturated heterocycles. The number of pyridine rings is 1. The van der Waals surface area contributed by atoms with Gasteiger partial charge in [0.25, 0.3) is 0 Å². The molecule has 0 radical (unpaired) electrons. The molecule has 0 bridgehead atoms. The van der Waals surface area contributed by atoms with E-state index in [9.17, 15) is 14.0 Å². The predicted molar refractivity (Wildman–Crippen MR) is 118 cm³/mol. The zero-order valence-corrected chi connectivity index (χ0v) is 18.4. The van der Waals surface area contributed by atoms with Crippen LogP contribution in [0.3, 0.4) is 0 Å². The standard InChI is InChI=1S/C24H31FN4O2/c1-16(2)28-24(31)29-14-19(18-7-8-22(25)17(3)12-18)13-20(15-29)23(30)27-11-9-21-6-4-5-10-26-21/h4-8,10,12,16,19-20H,9,11,13-15H2,1-3H3,(H,27,30)(H,28,31)/t19-,20-/m1/s1. The molecule has 1 aromatic carbocycles. The normalized spacial score (nSPS) is 18.7. The number of nitrogens with one attached hydrogen (secondary N) is 2. The lowest BCUT2D eigenvalue weighted by molar-refractivity contribution is -0.126. The predicted octanol–water partition coefficient (Wildman–Crippen LogP) is 3.41. The van der Waals surface area contributed by atoms with Crippen molar-refractivity contribution in [2.45, 2.75) is 45.6 Å². The molecule has 2 heterocycles. The molecule has 0 saturated carbocycles. The second-order valence-corrected chi connectivity index (χ2v) is 8.51. The molecule has 1 aliphatic heterocycles. The van der Waals surface area contributed by atoms with Crippen molar-refractivity contribution in [1.29, 1.82) is 0 Å². The molecule has 3 rings (SSSR count). The number of likely N-dealkylation sites (tertiary alicyclic amines) is 1. The SMILES string of the molecule is Cc1cc([C@@H]2C[C@@H](C(=O)NCCc3ccccn3)CN(C(=O)NC(C)C)C2)ccc1F. The highest BCUT2D eigenvalue weighted by molar-refractivity contribution is 5.81. The van der Waals surface area contributed by atoms with Crippen LogP contribution < -0.4 is 10.6 Å². The average Bonchev–Trinajstić information content (AvgIpc) is 2.75. The van der Waals surface area contributed by atoms with Crippen LogP contribution in [-0.2, 0) is 11.2 Å². The summed E-state index contributed by atoms with van der Waals surface area (Å²) in [7, 11) is 0. The molecule has 2 N–H and O–H groups in total. The molecule has 0 spiro atoms. The zero-order valence-electron chi connectivity index (χ0n) is 18.4. The van der Waals surface area contributed by atoms with Gasteiger partial charge in [-0.3, -0.25) is 9.78 Å². The van der Waals surface area contributed by atoms with Gasteiger partial charge >= 0.3 is 6.03 Å². The monoisotopic (exact) mass is 426 g/mol. The Bertz CT molecular complexity index is 904. The number of nitrogens with zero attached hydrogens (tertiary/aromatic N) is 2.